The molecule has 1 aliphatic rings. The van der Waals surface area contributed by atoms with E-state index in [0.29, 0.717) is 11.5 Å². The van der Waals surface area contributed by atoms with Crippen molar-refractivity contribution in [2.24, 2.45) is 0 Å². The number of nitrogens with zero attached hydrogens (tertiary/aromatic N) is 6. The number of amides is 1. The molecule has 0 bridgehead atoms. The second-order valence-electron chi connectivity index (χ2n) is 11.5. The molecule has 1 aliphatic carbocycles. The Bertz CT molecular complexity index is 1830. The zero-order chi connectivity index (χ0) is 28.9. The summed E-state index contributed by atoms with van der Waals surface area (Å²) in [5, 5.41) is 11.5. The van der Waals surface area contributed by atoms with Gasteiger partial charge in [0.05, 0.1) is 23.3 Å². The standard InChI is InChI=1S/C31H32N8O2/c1-17(2)39-18(3)23(16-33-39)26-35-25-22(13-14-32-27(25)36-26)20-11-12-21-19(15-20)9-7-8-10-24(21)34-29(40)28-37-30(41-38-28)31(4,5)6/h7-17,24H,1-6H3,(H,34,40)(H,32,35,36)/t24-/m1/s1. The Morgan fingerprint density at radius 3 is 2.68 bits per heavy atom. The Kier molecular flexibility index (Phi) is 6.40. The fourth-order valence-corrected chi connectivity index (χ4v) is 5.02. The van der Waals surface area contributed by atoms with Crippen LogP contribution in [-0.2, 0) is 5.41 Å². The molecule has 0 saturated heterocycles. The Morgan fingerprint density at radius 2 is 1.95 bits per heavy atom. The maximum Gasteiger partial charge on any atom is 0.293 e. The number of aromatic nitrogens is 7. The lowest BCUT2D eigenvalue weighted by molar-refractivity contribution is 0.0930. The van der Waals surface area contributed by atoms with Crippen molar-refractivity contribution in [3.8, 4) is 22.5 Å². The van der Waals surface area contributed by atoms with E-state index in [2.05, 4.69) is 50.4 Å². The number of hydrogen-bond acceptors (Lipinski definition) is 7. The molecule has 1 atom stereocenters. The van der Waals surface area contributed by atoms with Crippen LogP contribution in [0.3, 0.4) is 0 Å². The fraction of sp³-hybridized carbons (Fsp3) is 0.290. The van der Waals surface area contributed by atoms with Gasteiger partial charge in [-0.05, 0) is 49.6 Å². The van der Waals surface area contributed by atoms with E-state index in [1.165, 1.54) is 0 Å². The fourth-order valence-electron chi connectivity index (χ4n) is 5.02. The second kappa shape index (κ2) is 9.96. The van der Waals surface area contributed by atoms with Gasteiger partial charge in [0.25, 0.3) is 11.7 Å². The summed E-state index contributed by atoms with van der Waals surface area (Å²) in [5.74, 6) is 0.775. The number of benzene rings is 1. The molecule has 0 radical (unpaired) electrons. The highest BCUT2D eigenvalue weighted by Gasteiger charge is 2.26. The van der Waals surface area contributed by atoms with Gasteiger partial charge >= 0.3 is 0 Å². The van der Waals surface area contributed by atoms with E-state index < -0.39 is 5.91 Å². The van der Waals surface area contributed by atoms with Crippen molar-refractivity contribution in [2.45, 2.75) is 59.0 Å². The Hall–Kier alpha value is -4.86. The van der Waals surface area contributed by atoms with Crippen molar-refractivity contribution >= 4 is 23.1 Å². The van der Waals surface area contributed by atoms with E-state index in [1.807, 2.05) is 81.1 Å². The largest absolute Gasteiger partial charge is 0.339 e. The van der Waals surface area contributed by atoms with Gasteiger partial charge in [-0.1, -0.05) is 62.4 Å². The average molecular weight is 549 g/mol. The molecule has 5 aromatic rings. The first-order valence-corrected chi connectivity index (χ1v) is 13.6. The summed E-state index contributed by atoms with van der Waals surface area (Å²) in [7, 11) is 0. The molecular formula is C31H32N8O2. The van der Waals surface area contributed by atoms with Crippen LogP contribution >= 0.6 is 0 Å². The maximum atomic E-state index is 13.0. The number of aromatic amines is 1. The summed E-state index contributed by atoms with van der Waals surface area (Å²) in [4.78, 5) is 30.1. The van der Waals surface area contributed by atoms with E-state index in [0.717, 1.165) is 44.9 Å². The van der Waals surface area contributed by atoms with Gasteiger partial charge in [-0.25, -0.2) is 9.97 Å². The summed E-state index contributed by atoms with van der Waals surface area (Å²) < 4.78 is 7.30. The molecule has 0 spiro atoms. The number of H-pyrrole nitrogens is 1. The third-order valence-corrected chi connectivity index (χ3v) is 7.16. The minimum atomic E-state index is -0.396. The lowest BCUT2D eigenvalue weighted by atomic mass is 9.95. The van der Waals surface area contributed by atoms with Gasteiger partial charge in [0.15, 0.2) is 5.65 Å². The summed E-state index contributed by atoms with van der Waals surface area (Å²) in [5.41, 5.74) is 7.08. The number of hydrogen-bond donors (Lipinski definition) is 2. The van der Waals surface area contributed by atoms with Crippen LogP contribution in [0.1, 0.15) is 80.0 Å². The molecule has 1 amide bonds. The Labute approximate surface area is 237 Å². The van der Waals surface area contributed by atoms with E-state index >= 15 is 0 Å². The molecule has 4 aromatic heterocycles. The van der Waals surface area contributed by atoms with Crippen molar-refractivity contribution in [1.82, 2.24) is 40.2 Å². The molecule has 0 fully saturated rings. The van der Waals surface area contributed by atoms with Gasteiger partial charge in [0.2, 0.25) is 5.89 Å². The minimum Gasteiger partial charge on any atom is -0.339 e. The monoisotopic (exact) mass is 548 g/mol. The number of carbonyl (C=O) groups is 1. The number of fused-ring (bicyclic) bond motifs is 2. The Balaban J connectivity index is 1.32. The quantitative estimate of drug-likeness (QED) is 0.271. The summed E-state index contributed by atoms with van der Waals surface area (Å²) in [6.07, 6.45) is 11.5. The number of allylic oxidation sites excluding steroid dienone is 2. The molecule has 6 rings (SSSR count). The van der Waals surface area contributed by atoms with Crippen LogP contribution < -0.4 is 5.32 Å². The third kappa shape index (κ3) is 4.86. The highest BCUT2D eigenvalue weighted by Crippen LogP contribution is 2.33. The van der Waals surface area contributed by atoms with Crippen LogP contribution in [0.25, 0.3) is 39.8 Å². The van der Waals surface area contributed by atoms with Crippen molar-refractivity contribution in [3.05, 3.63) is 83.4 Å². The van der Waals surface area contributed by atoms with Crippen molar-refractivity contribution < 1.29 is 9.32 Å². The van der Waals surface area contributed by atoms with Gasteiger partial charge < -0.3 is 14.8 Å². The second-order valence-corrected chi connectivity index (χ2v) is 11.5. The van der Waals surface area contributed by atoms with Crippen molar-refractivity contribution in [3.63, 3.8) is 0 Å². The zero-order valence-electron chi connectivity index (χ0n) is 23.9. The molecule has 2 N–H and O–H groups in total. The molecule has 208 valence electrons. The average Bonchev–Trinajstić information content (AvgIpc) is 3.65. The summed E-state index contributed by atoms with van der Waals surface area (Å²) in [6, 6.07) is 8.07. The predicted molar refractivity (Wildman–Crippen MR) is 157 cm³/mol. The highest BCUT2D eigenvalue weighted by atomic mass is 16.5. The first kappa shape index (κ1) is 26.4. The smallest absolute Gasteiger partial charge is 0.293 e. The minimum absolute atomic E-state index is 0.0158. The van der Waals surface area contributed by atoms with Gasteiger partial charge in [0, 0.05) is 28.9 Å². The molecule has 0 aliphatic heterocycles. The lowest BCUT2D eigenvalue weighted by Gasteiger charge is -2.17. The van der Waals surface area contributed by atoms with Crippen LogP contribution in [0.2, 0.25) is 0 Å². The number of carbonyl (C=O) groups excluding carboxylic acids is 1. The molecule has 10 nitrogen and oxygen atoms in total. The van der Waals surface area contributed by atoms with Crippen molar-refractivity contribution in [1.29, 1.82) is 0 Å². The number of pyridine rings is 1. The molecule has 0 unspecified atom stereocenters. The van der Waals surface area contributed by atoms with E-state index in [-0.39, 0.29) is 23.3 Å². The molecule has 10 heteroatoms. The molecule has 0 saturated carbocycles. The van der Waals surface area contributed by atoms with Crippen LogP contribution in [0, 0.1) is 6.92 Å². The highest BCUT2D eigenvalue weighted by molar-refractivity contribution is 5.93. The normalized spacial score (nSPS) is 15.0. The lowest BCUT2D eigenvalue weighted by Crippen LogP contribution is -2.28. The molecule has 4 heterocycles. The summed E-state index contributed by atoms with van der Waals surface area (Å²) >= 11 is 0. The van der Waals surface area contributed by atoms with Crippen LogP contribution in [0.5, 0.6) is 0 Å². The number of nitrogens with one attached hydrogen (secondary N) is 2. The van der Waals surface area contributed by atoms with Crippen LogP contribution in [-0.4, -0.2) is 40.8 Å². The first-order chi connectivity index (χ1) is 19.6. The predicted octanol–water partition coefficient (Wildman–Crippen LogP) is 6.11. The Morgan fingerprint density at radius 1 is 1.12 bits per heavy atom. The molecule has 41 heavy (non-hydrogen) atoms. The van der Waals surface area contributed by atoms with Crippen molar-refractivity contribution in [2.75, 3.05) is 0 Å². The van der Waals surface area contributed by atoms with Gasteiger partial charge in [-0.15, -0.1) is 0 Å². The summed E-state index contributed by atoms with van der Waals surface area (Å²) in [6.45, 7) is 12.1. The number of rotatable bonds is 5. The third-order valence-electron chi connectivity index (χ3n) is 7.16. The molecular weight excluding hydrogens is 516 g/mol. The maximum absolute atomic E-state index is 13.0. The number of imidazole rings is 1. The van der Waals surface area contributed by atoms with E-state index in [1.54, 1.807) is 6.20 Å². The van der Waals surface area contributed by atoms with Crippen LogP contribution in [0.4, 0.5) is 0 Å². The van der Waals surface area contributed by atoms with E-state index in [9.17, 15) is 4.79 Å². The van der Waals surface area contributed by atoms with Gasteiger partial charge in [0.1, 0.15) is 5.82 Å². The first-order valence-electron chi connectivity index (χ1n) is 13.6. The SMILES string of the molecule is Cc1c(-c2nc3nccc(-c4ccc5c(c4)C=CC=C[C@H]5NC(=O)c4noc(C(C)(C)C)n4)c3[nH]2)cnn1C(C)C. The van der Waals surface area contributed by atoms with Crippen LogP contribution in [0.15, 0.2) is 59.4 Å². The molecule has 1 aromatic carbocycles. The van der Waals surface area contributed by atoms with E-state index in [4.69, 9.17) is 9.51 Å². The van der Waals surface area contributed by atoms with Gasteiger partial charge in [-0.3, -0.25) is 9.48 Å². The van der Waals surface area contributed by atoms with Gasteiger partial charge in [-0.2, -0.15) is 10.1 Å². The topological polar surface area (TPSA) is 127 Å². The zero-order valence-corrected chi connectivity index (χ0v) is 23.9.